The Bertz CT molecular complexity index is 321. The predicted octanol–water partition coefficient (Wildman–Crippen LogP) is 3.20. The van der Waals surface area contributed by atoms with Crippen LogP contribution in [0.2, 0.25) is 0 Å². The molecule has 1 fully saturated rings. The third-order valence-corrected chi connectivity index (χ3v) is 4.48. The van der Waals surface area contributed by atoms with Crippen LogP contribution in [0.1, 0.15) is 51.9 Å². The summed E-state index contributed by atoms with van der Waals surface area (Å²) in [5, 5.41) is 19.6. The van der Waals surface area contributed by atoms with Crippen molar-refractivity contribution >= 4 is 0 Å². The van der Waals surface area contributed by atoms with Crippen LogP contribution in [-0.4, -0.2) is 22.4 Å². The molecule has 2 N–H and O–H groups in total. The summed E-state index contributed by atoms with van der Waals surface area (Å²) in [7, 11) is 0. The number of aliphatic hydroxyl groups is 2. The lowest BCUT2D eigenvalue weighted by Gasteiger charge is -2.24. The van der Waals surface area contributed by atoms with Crippen LogP contribution in [-0.2, 0) is 0 Å². The van der Waals surface area contributed by atoms with Gasteiger partial charge in [-0.3, -0.25) is 0 Å². The van der Waals surface area contributed by atoms with E-state index in [2.05, 4.69) is 31.2 Å². The Kier molecular flexibility index (Phi) is 4.63. The molecule has 0 aromatic heterocycles. The van der Waals surface area contributed by atoms with Crippen LogP contribution < -0.4 is 0 Å². The van der Waals surface area contributed by atoms with Gasteiger partial charge in [0.05, 0.1) is 12.2 Å². The lowest BCUT2D eigenvalue weighted by molar-refractivity contribution is 0.164. The molecule has 2 nitrogen and oxygen atoms in total. The van der Waals surface area contributed by atoms with E-state index >= 15 is 0 Å². The van der Waals surface area contributed by atoms with Gasteiger partial charge < -0.3 is 10.2 Å². The summed E-state index contributed by atoms with van der Waals surface area (Å²) in [6.07, 6.45) is 15.3. The van der Waals surface area contributed by atoms with E-state index in [-0.39, 0.29) is 17.6 Å². The van der Waals surface area contributed by atoms with E-state index in [0.29, 0.717) is 5.92 Å². The summed E-state index contributed by atoms with van der Waals surface area (Å²) >= 11 is 0. The van der Waals surface area contributed by atoms with Gasteiger partial charge in [-0.25, -0.2) is 0 Å². The average Bonchev–Trinajstić information content (AvgIpc) is 2.82. The minimum atomic E-state index is -0.201. The largest absolute Gasteiger partial charge is 0.393 e. The first-order chi connectivity index (χ1) is 8.66. The van der Waals surface area contributed by atoms with Gasteiger partial charge in [-0.1, -0.05) is 44.1 Å². The van der Waals surface area contributed by atoms with Gasteiger partial charge in [0.15, 0.2) is 0 Å². The molecule has 1 saturated carbocycles. The van der Waals surface area contributed by atoms with Crippen LogP contribution in [0.15, 0.2) is 24.3 Å². The van der Waals surface area contributed by atoms with Gasteiger partial charge in [0.25, 0.3) is 0 Å². The number of hydrogen-bond acceptors (Lipinski definition) is 2. The molecule has 2 heteroatoms. The SMILES string of the molecule is CCCC[C@@H](O)C/C=C/C12C=CCC1CC(O)C2. The number of unbranched alkanes of at least 4 members (excludes halogenated alkanes) is 1. The first-order valence-electron chi connectivity index (χ1n) is 7.38. The van der Waals surface area contributed by atoms with Gasteiger partial charge in [-0.15, -0.1) is 0 Å². The zero-order valence-electron chi connectivity index (χ0n) is 11.4. The molecule has 0 saturated heterocycles. The molecule has 4 atom stereocenters. The minimum absolute atomic E-state index is 0.0872. The maximum atomic E-state index is 9.83. The van der Waals surface area contributed by atoms with E-state index < -0.39 is 0 Å². The van der Waals surface area contributed by atoms with Crippen molar-refractivity contribution in [3.05, 3.63) is 24.3 Å². The molecule has 0 aromatic rings. The van der Waals surface area contributed by atoms with Crippen LogP contribution in [0, 0.1) is 11.3 Å². The highest BCUT2D eigenvalue weighted by Crippen LogP contribution is 2.51. The fourth-order valence-electron chi connectivity index (χ4n) is 3.44. The van der Waals surface area contributed by atoms with Crippen molar-refractivity contribution in [3.8, 4) is 0 Å². The summed E-state index contributed by atoms with van der Waals surface area (Å²) in [5.41, 5.74) is 0.0872. The molecule has 0 aromatic carbocycles. The van der Waals surface area contributed by atoms with Gasteiger partial charge in [0.1, 0.15) is 0 Å². The van der Waals surface area contributed by atoms with Gasteiger partial charge in [-0.05, 0) is 38.0 Å². The topological polar surface area (TPSA) is 40.5 Å². The van der Waals surface area contributed by atoms with E-state index in [1.807, 2.05) is 0 Å². The molecule has 0 spiro atoms. The smallest absolute Gasteiger partial charge is 0.0574 e. The number of hydrogen-bond donors (Lipinski definition) is 2. The molecular formula is C16H26O2. The van der Waals surface area contributed by atoms with Crippen molar-refractivity contribution in [1.29, 1.82) is 0 Å². The van der Waals surface area contributed by atoms with Gasteiger partial charge >= 0.3 is 0 Å². The average molecular weight is 250 g/mol. The second kappa shape index (κ2) is 6.03. The molecule has 0 aliphatic heterocycles. The molecule has 102 valence electrons. The molecule has 0 bridgehead atoms. The summed E-state index contributed by atoms with van der Waals surface area (Å²) in [5.74, 6) is 0.580. The van der Waals surface area contributed by atoms with Gasteiger partial charge in [-0.2, -0.15) is 0 Å². The number of aliphatic hydroxyl groups excluding tert-OH is 2. The van der Waals surface area contributed by atoms with Crippen LogP contribution in [0.5, 0.6) is 0 Å². The fraction of sp³-hybridized carbons (Fsp3) is 0.750. The lowest BCUT2D eigenvalue weighted by Crippen LogP contribution is -2.16. The second-order valence-corrected chi connectivity index (χ2v) is 5.98. The van der Waals surface area contributed by atoms with E-state index in [1.54, 1.807) is 0 Å². The third-order valence-electron chi connectivity index (χ3n) is 4.48. The van der Waals surface area contributed by atoms with Crippen LogP contribution in [0.3, 0.4) is 0 Å². The number of rotatable bonds is 6. The zero-order valence-corrected chi connectivity index (χ0v) is 11.4. The van der Waals surface area contributed by atoms with Gasteiger partial charge in [0, 0.05) is 5.41 Å². The first-order valence-corrected chi connectivity index (χ1v) is 7.38. The predicted molar refractivity (Wildman–Crippen MR) is 74.2 cm³/mol. The van der Waals surface area contributed by atoms with Crippen LogP contribution in [0.25, 0.3) is 0 Å². The van der Waals surface area contributed by atoms with Crippen molar-refractivity contribution in [3.63, 3.8) is 0 Å². The maximum absolute atomic E-state index is 9.83. The molecule has 0 heterocycles. The fourth-order valence-corrected chi connectivity index (χ4v) is 3.44. The van der Waals surface area contributed by atoms with Crippen molar-refractivity contribution in [2.75, 3.05) is 0 Å². The van der Waals surface area contributed by atoms with Crippen molar-refractivity contribution in [1.82, 2.24) is 0 Å². The Morgan fingerprint density at radius 2 is 2.33 bits per heavy atom. The molecule has 2 rings (SSSR count). The van der Waals surface area contributed by atoms with E-state index in [9.17, 15) is 10.2 Å². The monoisotopic (exact) mass is 250 g/mol. The van der Waals surface area contributed by atoms with Crippen LogP contribution >= 0.6 is 0 Å². The Morgan fingerprint density at radius 1 is 1.50 bits per heavy atom. The summed E-state index contributed by atoms with van der Waals surface area (Å²) in [6, 6.07) is 0. The molecule has 18 heavy (non-hydrogen) atoms. The first kappa shape index (κ1) is 13.8. The highest BCUT2D eigenvalue weighted by molar-refractivity contribution is 5.23. The van der Waals surface area contributed by atoms with Gasteiger partial charge in [0.2, 0.25) is 0 Å². The normalized spacial score (nSPS) is 36.4. The molecule has 0 amide bonds. The Hall–Kier alpha value is -0.600. The highest BCUT2D eigenvalue weighted by Gasteiger charge is 2.44. The van der Waals surface area contributed by atoms with Crippen LogP contribution in [0.4, 0.5) is 0 Å². The maximum Gasteiger partial charge on any atom is 0.0574 e. The summed E-state index contributed by atoms with van der Waals surface area (Å²) < 4.78 is 0. The van der Waals surface area contributed by atoms with Crippen molar-refractivity contribution < 1.29 is 10.2 Å². The van der Waals surface area contributed by atoms with E-state index in [4.69, 9.17) is 0 Å². The Balaban J connectivity index is 1.86. The summed E-state index contributed by atoms with van der Waals surface area (Å²) in [4.78, 5) is 0. The quantitative estimate of drug-likeness (QED) is 0.711. The summed E-state index contributed by atoms with van der Waals surface area (Å²) in [6.45, 7) is 2.15. The third kappa shape index (κ3) is 3.04. The van der Waals surface area contributed by atoms with E-state index in [0.717, 1.165) is 44.9 Å². The standard InChI is InChI=1S/C16H26O2/c1-2-3-7-14(17)8-5-10-16-9-4-6-13(16)11-15(18)12-16/h4-5,9-10,13-15,17-18H,2-3,6-8,11-12H2,1H3/b10-5+/t13?,14-,15?,16?/m1/s1. The number of allylic oxidation sites excluding steroid dienone is 3. The molecule has 2 aliphatic carbocycles. The second-order valence-electron chi connectivity index (χ2n) is 5.98. The number of fused-ring (bicyclic) bond motifs is 1. The zero-order chi connectivity index (χ0) is 13.0. The molecule has 3 unspecified atom stereocenters. The minimum Gasteiger partial charge on any atom is -0.393 e. The Morgan fingerprint density at radius 3 is 3.11 bits per heavy atom. The van der Waals surface area contributed by atoms with E-state index in [1.165, 1.54) is 0 Å². The van der Waals surface area contributed by atoms with Crippen molar-refractivity contribution in [2.45, 2.75) is 64.1 Å². The Labute approximate surface area is 110 Å². The molecule has 2 aliphatic rings. The molecule has 0 radical (unpaired) electrons. The molecular weight excluding hydrogens is 224 g/mol. The highest BCUT2D eigenvalue weighted by atomic mass is 16.3. The van der Waals surface area contributed by atoms with Crippen molar-refractivity contribution in [2.24, 2.45) is 11.3 Å². The lowest BCUT2D eigenvalue weighted by atomic mass is 9.80.